The van der Waals surface area contributed by atoms with Gasteiger partial charge >= 0.3 is 0 Å². The molecule has 31 heavy (non-hydrogen) atoms. The lowest BCUT2D eigenvalue weighted by atomic mass is 10.2. The number of fused-ring (bicyclic) bond motifs is 1. The van der Waals surface area contributed by atoms with Crippen LogP contribution in [0.15, 0.2) is 35.6 Å². The van der Waals surface area contributed by atoms with Crippen molar-refractivity contribution in [1.82, 2.24) is 15.1 Å². The van der Waals surface area contributed by atoms with Gasteiger partial charge in [-0.3, -0.25) is 9.67 Å². The molecule has 0 bridgehead atoms. The van der Waals surface area contributed by atoms with Crippen LogP contribution in [0.3, 0.4) is 0 Å². The SMILES string of the molecule is CC(C)COCCCN=C(NCCc1cnn(C)c1)Nc1ccc2c(c1)OCCCO2. The molecule has 1 aromatic heterocycles. The number of guanidine groups is 1. The Labute approximate surface area is 185 Å². The first-order chi connectivity index (χ1) is 15.1. The molecule has 0 atom stereocenters. The van der Waals surface area contributed by atoms with Gasteiger partial charge in [-0.2, -0.15) is 5.10 Å². The largest absolute Gasteiger partial charge is 0.490 e. The Kier molecular flexibility index (Phi) is 9.02. The number of anilines is 1. The van der Waals surface area contributed by atoms with Gasteiger partial charge in [-0.15, -0.1) is 0 Å². The van der Waals surface area contributed by atoms with E-state index in [1.54, 1.807) is 0 Å². The molecule has 2 N–H and O–H groups in total. The van der Waals surface area contributed by atoms with Crippen molar-refractivity contribution in [2.45, 2.75) is 33.1 Å². The van der Waals surface area contributed by atoms with Crippen LogP contribution in [0, 0.1) is 5.92 Å². The van der Waals surface area contributed by atoms with E-state index in [1.807, 2.05) is 42.3 Å². The first-order valence-corrected chi connectivity index (χ1v) is 11.1. The van der Waals surface area contributed by atoms with Crippen LogP contribution in [-0.2, 0) is 18.2 Å². The fourth-order valence-electron chi connectivity index (χ4n) is 3.12. The molecule has 1 aliphatic heterocycles. The zero-order chi connectivity index (χ0) is 21.9. The summed E-state index contributed by atoms with van der Waals surface area (Å²) in [6.07, 6.45) is 6.55. The monoisotopic (exact) mass is 429 g/mol. The fourth-order valence-corrected chi connectivity index (χ4v) is 3.12. The van der Waals surface area contributed by atoms with Gasteiger partial charge in [0.15, 0.2) is 17.5 Å². The topological polar surface area (TPSA) is 81.9 Å². The fraction of sp³-hybridized carbons (Fsp3) is 0.565. The van der Waals surface area contributed by atoms with Gasteiger partial charge in [0.05, 0.1) is 19.4 Å². The van der Waals surface area contributed by atoms with E-state index in [2.05, 4.69) is 29.6 Å². The number of aromatic nitrogens is 2. The highest BCUT2D eigenvalue weighted by Gasteiger charge is 2.11. The highest BCUT2D eigenvalue weighted by atomic mass is 16.5. The zero-order valence-corrected chi connectivity index (χ0v) is 18.9. The second-order valence-corrected chi connectivity index (χ2v) is 8.09. The predicted octanol–water partition coefficient (Wildman–Crippen LogP) is 3.24. The van der Waals surface area contributed by atoms with Crippen molar-refractivity contribution >= 4 is 11.6 Å². The van der Waals surface area contributed by atoms with E-state index in [0.717, 1.165) is 55.6 Å². The maximum atomic E-state index is 5.81. The Bertz CT molecular complexity index is 834. The molecule has 8 heteroatoms. The van der Waals surface area contributed by atoms with E-state index in [1.165, 1.54) is 5.56 Å². The third-order valence-electron chi connectivity index (χ3n) is 4.64. The molecule has 0 saturated heterocycles. The zero-order valence-electron chi connectivity index (χ0n) is 18.9. The number of benzene rings is 1. The normalized spacial score (nSPS) is 13.9. The van der Waals surface area contributed by atoms with Gasteiger partial charge in [0.25, 0.3) is 0 Å². The van der Waals surface area contributed by atoms with Gasteiger partial charge < -0.3 is 24.8 Å². The highest BCUT2D eigenvalue weighted by Crippen LogP contribution is 2.32. The lowest BCUT2D eigenvalue weighted by Gasteiger charge is -2.14. The molecule has 0 radical (unpaired) electrons. The van der Waals surface area contributed by atoms with Crippen molar-refractivity contribution in [2.75, 3.05) is 44.8 Å². The summed E-state index contributed by atoms with van der Waals surface area (Å²) in [5.74, 6) is 2.84. The summed E-state index contributed by atoms with van der Waals surface area (Å²) in [5, 5.41) is 11.0. The first-order valence-electron chi connectivity index (χ1n) is 11.1. The van der Waals surface area contributed by atoms with Crippen LogP contribution in [0.2, 0.25) is 0 Å². The Morgan fingerprint density at radius 1 is 1.26 bits per heavy atom. The highest BCUT2D eigenvalue weighted by molar-refractivity contribution is 5.94. The number of nitrogens with zero attached hydrogens (tertiary/aromatic N) is 3. The molecular formula is C23H35N5O3. The van der Waals surface area contributed by atoms with E-state index < -0.39 is 0 Å². The molecule has 0 amide bonds. The summed E-state index contributed by atoms with van der Waals surface area (Å²) in [5.41, 5.74) is 2.10. The summed E-state index contributed by atoms with van der Waals surface area (Å²) >= 11 is 0. The maximum Gasteiger partial charge on any atom is 0.195 e. The molecule has 0 aliphatic carbocycles. The summed E-state index contributed by atoms with van der Waals surface area (Å²) in [6, 6.07) is 5.89. The lowest BCUT2D eigenvalue weighted by Crippen LogP contribution is -2.32. The molecule has 170 valence electrons. The van der Waals surface area contributed by atoms with Crippen molar-refractivity contribution in [2.24, 2.45) is 18.0 Å². The molecule has 2 aromatic rings. The molecule has 1 aliphatic rings. The van der Waals surface area contributed by atoms with Crippen LogP contribution in [0.5, 0.6) is 11.5 Å². The molecule has 8 nitrogen and oxygen atoms in total. The van der Waals surface area contributed by atoms with E-state index in [4.69, 9.17) is 19.2 Å². The van der Waals surface area contributed by atoms with Crippen LogP contribution >= 0.6 is 0 Å². The maximum absolute atomic E-state index is 5.81. The number of aryl methyl sites for hydroxylation is 1. The van der Waals surface area contributed by atoms with Gasteiger partial charge in [0.1, 0.15) is 0 Å². The Morgan fingerprint density at radius 3 is 2.87 bits per heavy atom. The molecule has 0 unspecified atom stereocenters. The molecular weight excluding hydrogens is 394 g/mol. The number of hydrogen-bond acceptors (Lipinski definition) is 5. The predicted molar refractivity (Wildman–Crippen MR) is 123 cm³/mol. The lowest BCUT2D eigenvalue weighted by molar-refractivity contribution is 0.109. The number of nitrogens with one attached hydrogen (secondary N) is 2. The number of hydrogen-bond donors (Lipinski definition) is 2. The molecule has 0 fully saturated rings. The second kappa shape index (κ2) is 12.2. The average molecular weight is 430 g/mol. The van der Waals surface area contributed by atoms with Crippen LogP contribution in [-0.4, -0.2) is 55.3 Å². The molecule has 3 rings (SSSR count). The van der Waals surface area contributed by atoms with Gasteiger partial charge in [0.2, 0.25) is 0 Å². The van der Waals surface area contributed by atoms with Crippen LogP contribution in [0.1, 0.15) is 32.3 Å². The van der Waals surface area contributed by atoms with Gasteiger partial charge in [-0.1, -0.05) is 13.8 Å². The minimum absolute atomic E-state index is 0.550. The molecule has 0 spiro atoms. The molecule has 0 saturated carbocycles. The Hall–Kier alpha value is -2.74. The van der Waals surface area contributed by atoms with E-state index in [-0.39, 0.29) is 0 Å². The summed E-state index contributed by atoms with van der Waals surface area (Å²) < 4.78 is 19.0. The minimum atomic E-state index is 0.550. The van der Waals surface area contributed by atoms with Crippen molar-refractivity contribution in [3.8, 4) is 11.5 Å². The third kappa shape index (κ3) is 8.13. The number of aliphatic imine (C=N–C) groups is 1. The smallest absolute Gasteiger partial charge is 0.195 e. The Balaban J connectivity index is 1.57. The van der Waals surface area contributed by atoms with Crippen LogP contribution in [0.4, 0.5) is 5.69 Å². The summed E-state index contributed by atoms with van der Waals surface area (Å²) in [7, 11) is 1.93. The van der Waals surface area contributed by atoms with E-state index in [0.29, 0.717) is 32.3 Å². The van der Waals surface area contributed by atoms with Crippen molar-refractivity contribution < 1.29 is 14.2 Å². The molecule has 2 heterocycles. The van der Waals surface area contributed by atoms with Crippen molar-refractivity contribution in [3.05, 3.63) is 36.2 Å². The number of rotatable bonds is 10. The summed E-state index contributed by atoms with van der Waals surface area (Å²) in [4.78, 5) is 4.72. The van der Waals surface area contributed by atoms with E-state index in [9.17, 15) is 0 Å². The summed E-state index contributed by atoms with van der Waals surface area (Å²) in [6.45, 7) is 8.60. The Morgan fingerprint density at radius 2 is 2.10 bits per heavy atom. The standard InChI is InChI=1S/C23H35N5O3/c1-18(2)17-29-11-4-9-24-23(25-10-8-19-15-26-28(3)16-19)27-20-6-7-21-22(14-20)31-13-5-12-30-21/h6-7,14-16,18H,4-5,8-13,17H2,1-3H3,(H2,24,25,27). The van der Waals surface area contributed by atoms with Crippen molar-refractivity contribution in [3.63, 3.8) is 0 Å². The quantitative estimate of drug-likeness (QED) is 0.343. The van der Waals surface area contributed by atoms with Gasteiger partial charge in [-0.25, -0.2) is 0 Å². The second-order valence-electron chi connectivity index (χ2n) is 8.09. The average Bonchev–Trinajstić information content (AvgIpc) is 3.01. The number of ether oxygens (including phenoxy) is 3. The van der Waals surface area contributed by atoms with Crippen LogP contribution in [0.25, 0.3) is 0 Å². The first kappa shape index (κ1) is 22.9. The van der Waals surface area contributed by atoms with Gasteiger partial charge in [-0.05, 0) is 36.5 Å². The van der Waals surface area contributed by atoms with Crippen LogP contribution < -0.4 is 20.1 Å². The third-order valence-corrected chi connectivity index (χ3v) is 4.64. The van der Waals surface area contributed by atoms with Crippen molar-refractivity contribution in [1.29, 1.82) is 0 Å². The molecule has 1 aromatic carbocycles. The van der Waals surface area contributed by atoms with E-state index >= 15 is 0 Å². The minimum Gasteiger partial charge on any atom is -0.490 e. The van der Waals surface area contributed by atoms with Gasteiger partial charge in [0, 0.05) is 57.7 Å².